The Hall–Kier alpha value is 1.21. The molecule has 0 aliphatic carbocycles. The van der Waals surface area contributed by atoms with E-state index in [0.717, 1.165) is 37.5 Å². The summed E-state index contributed by atoms with van der Waals surface area (Å²) >= 11 is 14.9. The summed E-state index contributed by atoms with van der Waals surface area (Å²) in [4.78, 5) is 10.2. The SMILES string of the molecule is CCC(C)N(CC)CCCN1\C(=C/C=C/C=C/C=C/C2=Nc3cc(I)c(I)c(I)c3C2(C)C)C(C)(C)c2c1cc(I)c(I)c2I. The van der Waals surface area contributed by atoms with Gasteiger partial charge in [-0.15, -0.1) is 0 Å². The summed E-state index contributed by atoms with van der Waals surface area (Å²) in [5.41, 5.74) is 7.59. The molecule has 2 aliphatic rings. The molecule has 1 atom stereocenters. The predicted molar refractivity (Wildman–Crippen MR) is 247 cm³/mol. The third-order valence-corrected chi connectivity index (χ3v) is 19.3. The molecule has 242 valence electrons. The molecule has 0 bridgehead atoms. The molecule has 4 rings (SSSR count). The summed E-state index contributed by atoms with van der Waals surface area (Å²) in [7, 11) is 0. The summed E-state index contributed by atoms with van der Waals surface area (Å²) < 4.78 is 7.98. The molecule has 2 aromatic rings. The van der Waals surface area contributed by atoms with Crippen molar-refractivity contribution in [3.63, 3.8) is 0 Å². The van der Waals surface area contributed by atoms with E-state index < -0.39 is 0 Å². The van der Waals surface area contributed by atoms with Gasteiger partial charge in [-0.25, -0.2) is 0 Å². The molecule has 3 nitrogen and oxygen atoms in total. The van der Waals surface area contributed by atoms with Gasteiger partial charge in [0.2, 0.25) is 0 Å². The van der Waals surface area contributed by atoms with Crippen molar-refractivity contribution in [3.05, 3.63) is 92.9 Å². The molecule has 1 unspecified atom stereocenters. The maximum absolute atomic E-state index is 5.02. The number of halogens is 6. The molecule has 2 aromatic carbocycles. The summed E-state index contributed by atoms with van der Waals surface area (Å²) in [5.74, 6) is 0. The van der Waals surface area contributed by atoms with E-state index in [4.69, 9.17) is 4.99 Å². The van der Waals surface area contributed by atoms with E-state index in [-0.39, 0.29) is 10.8 Å². The van der Waals surface area contributed by atoms with Gasteiger partial charge in [0.25, 0.3) is 0 Å². The second-order valence-corrected chi connectivity index (χ2v) is 19.2. The number of hydrogen-bond donors (Lipinski definition) is 0. The molecule has 45 heavy (non-hydrogen) atoms. The van der Waals surface area contributed by atoms with Crippen molar-refractivity contribution in [2.75, 3.05) is 24.5 Å². The standard InChI is InChI=1S/C36H41I6N3/c1-8-22(3)44(9-2)18-15-19-45-26-21-24(38)32(40)34(42)30(26)36(6,7)28(45)17-14-12-10-11-13-16-27-35(4,5)29-25(43-27)20-23(37)31(39)33(29)41/h10-14,16-17,20-22H,8-9,15,18-19H2,1-7H3/b11-10+,14-12+,16-13+,28-17-. The monoisotopic (exact) mass is 1280 g/mol. The molecular weight excluding hydrogens is 1240 g/mol. The Morgan fingerprint density at radius 2 is 1.40 bits per heavy atom. The molecule has 0 N–H and O–H groups in total. The Morgan fingerprint density at radius 1 is 0.800 bits per heavy atom. The minimum atomic E-state index is -0.108. The van der Waals surface area contributed by atoms with Gasteiger partial charge in [0, 0.05) is 73.9 Å². The number of aliphatic imine (C=N–C) groups is 1. The third kappa shape index (κ3) is 8.24. The molecule has 0 saturated carbocycles. The Labute approximate surface area is 352 Å². The number of allylic oxidation sites excluding steroid dienone is 8. The Morgan fingerprint density at radius 3 is 2.04 bits per heavy atom. The van der Waals surface area contributed by atoms with Gasteiger partial charge in [0.1, 0.15) is 0 Å². The van der Waals surface area contributed by atoms with E-state index in [9.17, 15) is 0 Å². The molecule has 0 fully saturated rings. The molecule has 9 heteroatoms. The fourth-order valence-corrected chi connectivity index (χ4v) is 11.8. The Balaban J connectivity index is 1.54. The lowest BCUT2D eigenvalue weighted by atomic mass is 9.81. The minimum Gasteiger partial charge on any atom is -0.344 e. The van der Waals surface area contributed by atoms with E-state index in [2.05, 4.69) is 248 Å². The fraction of sp³-hybridized carbons (Fsp3) is 0.417. The van der Waals surface area contributed by atoms with Gasteiger partial charge >= 0.3 is 0 Å². The van der Waals surface area contributed by atoms with Gasteiger partial charge in [0.05, 0.1) is 11.4 Å². The summed E-state index contributed by atoms with van der Waals surface area (Å²) in [6.45, 7) is 19.5. The van der Waals surface area contributed by atoms with Crippen molar-refractivity contribution in [1.82, 2.24) is 4.90 Å². The lowest BCUT2D eigenvalue weighted by Gasteiger charge is -2.30. The van der Waals surface area contributed by atoms with Crippen LogP contribution in [0.5, 0.6) is 0 Å². The van der Waals surface area contributed by atoms with Crippen LogP contribution < -0.4 is 4.90 Å². The molecule has 2 aliphatic heterocycles. The highest BCUT2D eigenvalue weighted by atomic mass is 127. The third-order valence-electron chi connectivity index (χ3n) is 9.04. The quantitative estimate of drug-likeness (QED) is 0.127. The van der Waals surface area contributed by atoms with Crippen molar-refractivity contribution in [2.24, 2.45) is 4.99 Å². The van der Waals surface area contributed by atoms with E-state index in [1.54, 1.807) is 0 Å². The van der Waals surface area contributed by atoms with Crippen LogP contribution >= 0.6 is 136 Å². The Bertz CT molecular complexity index is 1600. The molecule has 0 spiro atoms. The van der Waals surface area contributed by atoms with E-state index in [0.29, 0.717) is 6.04 Å². The van der Waals surface area contributed by atoms with Crippen LogP contribution in [-0.4, -0.2) is 36.3 Å². The first-order chi connectivity index (χ1) is 21.2. The number of nitrogens with zero attached hydrogens (tertiary/aromatic N) is 3. The second-order valence-electron chi connectivity index (χ2n) is 12.6. The zero-order chi connectivity index (χ0) is 33.3. The number of fused-ring (bicyclic) bond motifs is 2. The highest BCUT2D eigenvalue weighted by molar-refractivity contribution is 14.1. The molecule has 0 radical (unpaired) electrons. The van der Waals surface area contributed by atoms with Gasteiger partial charge in [-0.1, -0.05) is 71.9 Å². The van der Waals surface area contributed by atoms with Crippen LogP contribution in [0.4, 0.5) is 11.4 Å². The molecule has 2 heterocycles. The smallest absolute Gasteiger partial charge is 0.0696 e. The van der Waals surface area contributed by atoms with Crippen LogP contribution in [0, 0.1) is 21.4 Å². The van der Waals surface area contributed by atoms with Crippen molar-refractivity contribution < 1.29 is 0 Å². The van der Waals surface area contributed by atoms with Crippen LogP contribution in [0.25, 0.3) is 0 Å². The van der Waals surface area contributed by atoms with Crippen molar-refractivity contribution >= 4 is 153 Å². The first kappa shape index (κ1) is 39.0. The van der Waals surface area contributed by atoms with Crippen LogP contribution in [0.3, 0.4) is 0 Å². The lowest BCUT2D eigenvalue weighted by molar-refractivity contribution is 0.213. The molecule has 0 aromatic heterocycles. The summed E-state index contributed by atoms with van der Waals surface area (Å²) in [6, 6.07) is 5.24. The largest absolute Gasteiger partial charge is 0.344 e. The maximum Gasteiger partial charge on any atom is 0.0696 e. The van der Waals surface area contributed by atoms with Gasteiger partial charge in [0.15, 0.2) is 0 Å². The van der Waals surface area contributed by atoms with Crippen LogP contribution in [0.15, 0.2) is 65.4 Å². The zero-order valence-corrected chi connectivity index (χ0v) is 39.9. The van der Waals surface area contributed by atoms with Crippen LogP contribution in [0.1, 0.15) is 72.4 Å². The van der Waals surface area contributed by atoms with Gasteiger partial charge < -0.3 is 9.80 Å². The van der Waals surface area contributed by atoms with Gasteiger partial charge in [-0.3, -0.25) is 4.99 Å². The molecule has 0 saturated heterocycles. The zero-order valence-electron chi connectivity index (χ0n) is 26.9. The fourth-order valence-electron chi connectivity index (χ4n) is 6.30. The molecule has 0 amide bonds. The number of benzene rings is 2. The predicted octanol–water partition coefficient (Wildman–Crippen LogP) is 12.5. The van der Waals surface area contributed by atoms with Gasteiger partial charge in [-0.05, 0) is 186 Å². The summed E-state index contributed by atoms with van der Waals surface area (Å²) in [6.07, 6.45) is 17.6. The first-order valence-electron chi connectivity index (χ1n) is 15.4. The summed E-state index contributed by atoms with van der Waals surface area (Å²) in [5, 5.41) is 0. The average Bonchev–Trinajstić information content (AvgIpc) is 3.36. The van der Waals surface area contributed by atoms with Gasteiger partial charge in [-0.2, -0.15) is 0 Å². The first-order valence-corrected chi connectivity index (χ1v) is 21.8. The topological polar surface area (TPSA) is 18.8 Å². The van der Waals surface area contributed by atoms with E-state index in [1.807, 2.05) is 0 Å². The number of hydrogen-bond acceptors (Lipinski definition) is 3. The van der Waals surface area contributed by atoms with Crippen LogP contribution in [-0.2, 0) is 10.8 Å². The lowest BCUT2D eigenvalue weighted by Crippen LogP contribution is -2.35. The van der Waals surface area contributed by atoms with Crippen molar-refractivity contribution in [1.29, 1.82) is 0 Å². The normalized spacial score (nSPS) is 18.7. The van der Waals surface area contributed by atoms with Crippen LogP contribution in [0.2, 0.25) is 0 Å². The van der Waals surface area contributed by atoms with E-state index >= 15 is 0 Å². The average molecular weight is 1280 g/mol. The minimum absolute atomic E-state index is 0.0699. The second kappa shape index (κ2) is 16.5. The van der Waals surface area contributed by atoms with E-state index in [1.165, 1.54) is 50.4 Å². The highest BCUT2D eigenvalue weighted by Crippen LogP contribution is 2.51. The highest BCUT2D eigenvalue weighted by Gasteiger charge is 2.42. The van der Waals surface area contributed by atoms with Crippen molar-refractivity contribution in [2.45, 2.75) is 78.2 Å². The Kier molecular flexibility index (Phi) is 14.3. The maximum atomic E-state index is 5.02. The number of rotatable bonds is 11. The van der Waals surface area contributed by atoms with Crippen molar-refractivity contribution in [3.8, 4) is 0 Å². The molecular formula is C36H41I6N3. The number of anilines is 1.